The largest absolute Gasteiger partial charge is 0.477 e. The smallest absolute Gasteiger partial charge is 0.341 e. The first-order valence-corrected chi connectivity index (χ1v) is 5.31. The Bertz CT molecular complexity index is 707. The summed E-state index contributed by atoms with van der Waals surface area (Å²) in [6.07, 6.45) is 1.13. The molecule has 0 aliphatic carbocycles. The van der Waals surface area contributed by atoms with E-state index in [0.717, 1.165) is 12.3 Å². The molecular formula is C12H11FN2O3. The number of hydrogen-bond acceptors (Lipinski definition) is 3. The maximum Gasteiger partial charge on any atom is 0.341 e. The Morgan fingerprint density at radius 3 is 2.72 bits per heavy atom. The van der Waals surface area contributed by atoms with Crippen LogP contribution in [0.3, 0.4) is 0 Å². The number of carboxylic acids is 1. The van der Waals surface area contributed by atoms with E-state index in [-0.39, 0.29) is 16.6 Å². The van der Waals surface area contributed by atoms with Crippen LogP contribution in [0.4, 0.5) is 10.1 Å². The molecule has 3 N–H and O–H groups in total. The fourth-order valence-electron chi connectivity index (χ4n) is 1.92. The van der Waals surface area contributed by atoms with Gasteiger partial charge in [0.2, 0.25) is 5.43 Å². The summed E-state index contributed by atoms with van der Waals surface area (Å²) in [6.45, 7) is 2.05. The van der Waals surface area contributed by atoms with Gasteiger partial charge in [0.15, 0.2) is 0 Å². The van der Waals surface area contributed by atoms with E-state index in [4.69, 9.17) is 10.8 Å². The van der Waals surface area contributed by atoms with Crippen molar-refractivity contribution < 1.29 is 14.3 Å². The quantitative estimate of drug-likeness (QED) is 0.790. The number of halogens is 1. The van der Waals surface area contributed by atoms with Gasteiger partial charge in [-0.25, -0.2) is 9.18 Å². The van der Waals surface area contributed by atoms with E-state index in [0.29, 0.717) is 6.54 Å². The number of aromatic nitrogens is 1. The minimum absolute atomic E-state index is 0.0347. The highest BCUT2D eigenvalue weighted by atomic mass is 19.1. The predicted molar refractivity (Wildman–Crippen MR) is 65.2 cm³/mol. The van der Waals surface area contributed by atoms with Gasteiger partial charge >= 0.3 is 5.97 Å². The molecule has 0 spiro atoms. The van der Waals surface area contributed by atoms with E-state index in [1.54, 1.807) is 6.92 Å². The number of aromatic carboxylic acids is 1. The van der Waals surface area contributed by atoms with E-state index >= 15 is 0 Å². The van der Waals surface area contributed by atoms with E-state index in [9.17, 15) is 14.0 Å². The van der Waals surface area contributed by atoms with Crippen molar-refractivity contribution in [1.82, 2.24) is 4.57 Å². The third kappa shape index (κ3) is 1.62. The molecule has 1 aromatic carbocycles. The lowest BCUT2D eigenvalue weighted by Gasteiger charge is -2.12. The summed E-state index contributed by atoms with van der Waals surface area (Å²) in [4.78, 5) is 23.0. The number of nitrogen functional groups attached to an aromatic ring is 1. The van der Waals surface area contributed by atoms with Crippen molar-refractivity contribution in [3.63, 3.8) is 0 Å². The summed E-state index contributed by atoms with van der Waals surface area (Å²) < 4.78 is 15.1. The van der Waals surface area contributed by atoms with Crippen LogP contribution in [0.15, 0.2) is 23.1 Å². The maximum atomic E-state index is 13.8. The number of nitrogens with two attached hydrogens (primary N) is 1. The fourth-order valence-corrected chi connectivity index (χ4v) is 1.92. The Kier molecular flexibility index (Phi) is 2.78. The number of rotatable bonds is 2. The average Bonchev–Trinajstić information content (AvgIpc) is 2.33. The SMILES string of the molecule is CCn1cc(C(=O)O)c(=O)c2c(N)ccc(F)c21. The molecular weight excluding hydrogens is 239 g/mol. The van der Waals surface area contributed by atoms with Crippen molar-refractivity contribution in [2.75, 3.05) is 5.73 Å². The van der Waals surface area contributed by atoms with Crippen LogP contribution in [0.2, 0.25) is 0 Å². The summed E-state index contributed by atoms with van der Waals surface area (Å²) >= 11 is 0. The second-order valence-corrected chi connectivity index (χ2v) is 3.82. The number of benzene rings is 1. The summed E-state index contributed by atoms with van der Waals surface area (Å²) in [5, 5.41) is 8.87. The molecule has 0 saturated heterocycles. The maximum absolute atomic E-state index is 13.8. The van der Waals surface area contributed by atoms with Gasteiger partial charge in [0.1, 0.15) is 11.4 Å². The molecule has 1 aromatic heterocycles. The topological polar surface area (TPSA) is 85.3 Å². The number of aryl methyl sites for hydroxylation is 1. The lowest BCUT2D eigenvalue weighted by Crippen LogP contribution is -2.20. The Labute approximate surface area is 101 Å². The molecule has 0 unspecified atom stereocenters. The molecule has 0 atom stereocenters. The minimum Gasteiger partial charge on any atom is -0.477 e. The molecule has 0 saturated carbocycles. The van der Waals surface area contributed by atoms with Gasteiger partial charge in [-0.2, -0.15) is 0 Å². The molecule has 0 radical (unpaired) electrons. The average molecular weight is 250 g/mol. The van der Waals surface area contributed by atoms with Crippen molar-refractivity contribution in [2.45, 2.75) is 13.5 Å². The van der Waals surface area contributed by atoms with Gasteiger partial charge < -0.3 is 15.4 Å². The summed E-state index contributed by atoms with van der Waals surface area (Å²) in [5.74, 6) is -1.96. The van der Waals surface area contributed by atoms with Crippen molar-refractivity contribution in [3.05, 3.63) is 39.9 Å². The van der Waals surface area contributed by atoms with E-state index in [1.165, 1.54) is 10.6 Å². The zero-order chi connectivity index (χ0) is 13.4. The van der Waals surface area contributed by atoms with Gasteiger partial charge in [-0.1, -0.05) is 0 Å². The van der Waals surface area contributed by atoms with E-state index in [2.05, 4.69) is 0 Å². The number of carbonyl (C=O) groups is 1. The fraction of sp³-hybridized carbons (Fsp3) is 0.167. The van der Waals surface area contributed by atoms with E-state index in [1.807, 2.05) is 0 Å². The normalized spacial score (nSPS) is 10.8. The molecule has 0 fully saturated rings. The van der Waals surface area contributed by atoms with Crippen LogP contribution in [0, 0.1) is 5.82 Å². The molecule has 18 heavy (non-hydrogen) atoms. The first kappa shape index (κ1) is 12.1. The Hall–Kier alpha value is -2.37. The van der Waals surface area contributed by atoms with Crippen LogP contribution in [0.25, 0.3) is 10.9 Å². The number of pyridine rings is 1. The van der Waals surface area contributed by atoms with Gasteiger partial charge in [-0.05, 0) is 19.1 Å². The Morgan fingerprint density at radius 1 is 1.50 bits per heavy atom. The second-order valence-electron chi connectivity index (χ2n) is 3.82. The lowest BCUT2D eigenvalue weighted by atomic mass is 10.1. The first-order valence-electron chi connectivity index (χ1n) is 5.31. The standard InChI is InChI=1S/C12H11FN2O3/c1-2-15-5-6(12(17)18)11(16)9-8(14)4-3-7(13)10(9)15/h3-5H,2,14H2,1H3,(H,17,18). The predicted octanol–water partition coefficient (Wildman–Crippen LogP) is 1.44. The molecule has 0 aliphatic rings. The van der Waals surface area contributed by atoms with Gasteiger partial charge in [0.25, 0.3) is 0 Å². The summed E-state index contributed by atoms with van der Waals surface area (Å²) in [6, 6.07) is 2.41. The van der Waals surface area contributed by atoms with Crippen molar-refractivity contribution >= 4 is 22.6 Å². The zero-order valence-corrected chi connectivity index (χ0v) is 9.61. The molecule has 0 amide bonds. The van der Waals surface area contributed by atoms with Crippen molar-refractivity contribution in [1.29, 1.82) is 0 Å². The molecule has 5 nitrogen and oxygen atoms in total. The molecule has 1 heterocycles. The number of fused-ring (bicyclic) bond motifs is 1. The monoisotopic (exact) mass is 250 g/mol. The Morgan fingerprint density at radius 2 is 2.17 bits per heavy atom. The molecule has 2 rings (SSSR count). The van der Waals surface area contributed by atoms with Crippen LogP contribution >= 0.6 is 0 Å². The molecule has 6 heteroatoms. The highest BCUT2D eigenvalue weighted by Gasteiger charge is 2.18. The van der Waals surface area contributed by atoms with Crippen molar-refractivity contribution in [3.8, 4) is 0 Å². The second kappa shape index (κ2) is 4.14. The minimum atomic E-state index is -1.35. The zero-order valence-electron chi connectivity index (χ0n) is 9.61. The van der Waals surface area contributed by atoms with Crippen LogP contribution < -0.4 is 11.2 Å². The number of hydrogen-bond donors (Lipinski definition) is 2. The highest BCUT2D eigenvalue weighted by molar-refractivity contribution is 5.97. The molecule has 0 bridgehead atoms. The van der Waals surface area contributed by atoms with Crippen LogP contribution in [0.1, 0.15) is 17.3 Å². The molecule has 94 valence electrons. The van der Waals surface area contributed by atoms with Gasteiger partial charge in [-0.3, -0.25) is 4.79 Å². The van der Waals surface area contributed by atoms with Gasteiger partial charge in [-0.15, -0.1) is 0 Å². The molecule has 2 aromatic rings. The first-order chi connectivity index (χ1) is 8.47. The third-order valence-corrected chi connectivity index (χ3v) is 2.78. The van der Waals surface area contributed by atoms with Crippen LogP contribution in [0.5, 0.6) is 0 Å². The number of carboxylic acid groups (broad SMARTS) is 1. The number of anilines is 1. The summed E-state index contributed by atoms with van der Waals surface area (Å²) in [5.41, 5.74) is 4.57. The summed E-state index contributed by atoms with van der Waals surface area (Å²) in [7, 11) is 0. The van der Waals surface area contributed by atoms with Gasteiger partial charge in [0.05, 0.1) is 10.9 Å². The van der Waals surface area contributed by atoms with Crippen LogP contribution in [-0.4, -0.2) is 15.6 Å². The molecule has 0 aliphatic heterocycles. The lowest BCUT2D eigenvalue weighted by molar-refractivity contribution is 0.0695. The van der Waals surface area contributed by atoms with Gasteiger partial charge in [0, 0.05) is 18.4 Å². The Balaban J connectivity index is 3.08. The van der Waals surface area contributed by atoms with Crippen LogP contribution in [-0.2, 0) is 6.54 Å². The number of nitrogens with zero attached hydrogens (tertiary/aromatic N) is 1. The van der Waals surface area contributed by atoms with E-state index < -0.39 is 22.8 Å². The highest BCUT2D eigenvalue weighted by Crippen LogP contribution is 2.21. The van der Waals surface area contributed by atoms with Crippen molar-refractivity contribution in [2.24, 2.45) is 0 Å². The third-order valence-electron chi connectivity index (χ3n) is 2.78.